The molecule has 11 heavy (non-hydrogen) atoms. The topological polar surface area (TPSA) is 40.5 Å². The largest absolute Gasteiger partial charge is 0.504 e. The van der Waals surface area contributed by atoms with Crippen LogP contribution in [-0.2, 0) is 0 Å². The number of aliphatic hydroxyl groups excluding tert-OH is 2. The summed E-state index contributed by atoms with van der Waals surface area (Å²) in [4.78, 5) is 0. The minimum atomic E-state index is -0.160. The molecule has 0 saturated carbocycles. The van der Waals surface area contributed by atoms with Crippen LogP contribution in [0.2, 0.25) is 0 Å². The van der Waals surface area contributed by atoms with Gasteiger partial charge in [-0.3, -0.25) is 0 Å². The van der Waals surface area contributed by atoms with Crippen LogP contribution in [0.1, 0.15) is 20.8 Å². The molecule has 0 fully saturated rings. The van der Waals surface area contributed by atoms with E-state index in [1.807, 2.05) is 13.8 Å². The number of aliphatic hydroxyl groups is 2. The van der Waals surface area contributed by atoms with Crippen molar-refractivity contribution in [2.75, 3.05) is 0 Å². The fourth-order valence-electron chi connectivity index (χ4n) is 0.345. The summed E-state index contributed by atoms with van der Waals surface area (Å²) in [6.45, 7) is 8.97. The zero-order valence-electron chi connectivity index (χ0n) is 7.33. The van der Waals surface area contributed by atoms with Gasteiger partial charge in [-0.2, -0.15) is 0 Å². The van der Waals surface area contributed by atoms with Crippen LogP contribution in [0.25, 0.3) is 0 Å². The molecule has 0 aliphatic rings. The van der Waals surface area contributed by atoms with Gasteiger partial charge in [0.05, 0.1) is 0 Å². The first-order chi connectivity index (χ1) is 5.22. The van der Waals surface area contributed by atoms with E-state index < -0.39 is 0 Å². The molecule has 2 heteroatoms. The van der Waals surface area contributed by atoms with Crippen LogP contribution in [0.3, 0.4) is 0 Å². The molecule has 0 aromatic rings. The molecule has 0 unspecified atom stereocenters. The normalized spacial score (nSPS) is 11.5. The number of hydrogen-bond acceptors (Lipinski definition) is 2. The second-order valence-corrected chi connectivity index (χ2v) is 1.46. The highest BCUT2D eigenvalue weighted by Crippen LogP contribution is 2.00. The number of allylic oxidation sites excluding steroid dienone is 3. The molecule has 64 valence electrons. The molecule has 0 atom stereocenters. The smallest absolute Gasteiger partial charge is 0.157 e. The summed E-state index contributed by atoms with van der Waals surface area (Å²) in [6.07, 6.45) is 4.11. The third-order valence-electron chi connectivity index (χ3n) is 0.812. The van der Waals surface area contributed by atoms with Crippen molar-refractivity contribution in [1.82, 2.24) is 0 Å². The van der Waals surface area contributed by atoms with Gasteiger partial charge in [-0.25, -0.2) is 0 Å². The Balaban J connectivity index is 0. The molecule has 0 rings (SSSR count). The lowest BCUT2D eigenvalue weighted by Crippen LogP contribution is -1.84. The molecule has 2 N–H and O–H groups in total. The van der Waals surface area contributed by atoms with Gasteiger partial charge in [0.15, 0.2) is 11.5 Å². The molecule has 0 saturated heterocycles. The Morgan fingerprint density at radius 2 is 1.64 bits per heavy atom. The molecule has 0 aromatic carbocycles. The Labute approximate surface area is 68.2 Å². The van der Waals surface area contributed by atoms with Crippen LogP contribution in [-0.4, -0.2) is 10.2 Å². The molecular weight excluding hydrogens is 140 g/mol. The van der Waals surface area contributed by atoms with Gasteiger partial charge in [0.1, 0.15) is 0 Å². The van der Waals surface area contributed by atoms with Crippen LogP contribution in [0.4, 0.5) is 0 Å². The van der Waals surface area contributed by atoms with Crippen molar-refractivity contribution >= 4 is 0 Å². The second-order valence-electron chi connectivity index (χ2n) is 1.46. The second kappa shape index (κ2) is 8.82. The van der Waals surface area contributed by atoms with Gasteiger partial charge < -0.3 is 10.2 Å². The van der Waals surface area contributed by atoms with Crippen LogP contribution in [0.15, 0.2) is 36.3 Å². The summed E-state index contributed by atoms with van der Waals surface area (Å²) in [5, 5.41) is 17.5. The van der Waals surface area contributed by atoms with Crippen molar-refractivity contribution in [3.63, 3.8) is 0 Å². The number of rotatable bonds is 2. The predicted octanol–water partition coefficient (Wildman–Crippen LogP) is 3.10. The minimum Gasteiger partial charge on any atom is -0.504 e. The summed E-state index contributed by atoms with van der Waals surface area (Å²) in [6, 6.07) is 0. The first-order valence-corrected chi connectivity index (χ1v) is 3.59. The molecule has 0 spiro atoms. The van der Waals surface area contributed by atoms with Crippen molar-refractivity contribution in [2.24, 2.45) is 0 Å². The fourth-order valence-corrected chi connectivity index (χ4v) is 0.345. The Morgan fingerprint density at radius 1 is 1.18 bits per heavy atom. The van der Waals surface area contributed by atoms with E-state index in [9.17, 15) is 0 Å². The van der Waals surface area contributed by atoms with E-state index in [1.54, 1.807) is 6.92 Å². The molecule has 0 heterocycles. The highest BCUT2D eigenvalue weighted by Gasteiger charge is 1.93. The van der Waals surface area contributed by atoms with E-state index in [4.69, 9.17) is 10.2 Å². The first-order valence-electron chi connectivity index (χ1n) is 3.59. The van der Waals surface area contributed by atoms with Crippen LogP contribution >= 0.6 is 0 Å². The summed E-state index contributed by atoms with van der Waals surface area (Å²) in [5.74, 6) is -0.289. The Hall–Kier alpha value is -1.18. The monoisotopic (exact) mass is 156 g/mol. The Bertz CT molecular complexity index is 155. The molecule has 0 bridgehead atoms. The van der Waals surface area contributed by atoms with Gasteiger partial charge in [-0.15, -0.1) is 0 Å². The first kappa shape index (κ1) is 12.5. The van der Waals surface area contributed by atoms with Gasteiger partial charge >= 0.3 is 0 Å². The highest BCUT2D eigenvalue weighted by molar-refractivity contribution is 5.20. The van der Waals surface area contributed by atoms with Crippen molar-refractivity contribution in [3.05, 3.63) is 36.3 Å². The van der Waals surface area contributed by atoms with Crippen LogP contribution < -0.4 is 0 Å². The van der Waals surface area contributed by atoms with Crippen LogP contribution in [0.5, 0.6) is 0 Å². The van der Waals surface area contributed by atoms with Crippen LogP contribution in [0, 0.1) is 0 Å². The third kappa shape index (κ3) is 6.71. The van der Waals surface area contributed by atoms with Crippen molar-refractivity contribution in [2.45, 2.75) is 20.8 Å². The van der Waals surface area contributed by atoms with Gasteiger partial charge in [-0.1, -0.05) is 26.5 Å². The average molecular weight is 156 g/mol. The average Bonchev–Trinajstić information content (AvgIpc) is 2.07. The molecule has 0 amide bonds. The van der Waals surface area contributed by atoms with E-state index in [2.05, 4.69) is 6.58 Å². The molecule has 0 aliphatic carbocycles. The molecule has 0 aliphatic heterocycles. The maximum Gasteiger partial charge on any atom is 0.157 e. The lowest BCUT2D eigenvalue weighted by molar-refractivity contribution is 0.326. The van der Waals surface area contributed by atoms with E-state index in [0.29, 0.717) is 0 Å². The predicted molar refractivity (Wildman–Crippen MR) is 48.6 cm³/mol. The van der Waals surface area contributed by atoms with Gasteiger partial charge in [-0.05, 0) is 19.1 Å². The quantitative estimate of drug-likeness (QED) is 0.476. The molecule has 0 radical (unpaired) electrons. The zero-order chi connectivity index (χ0) is 9.28. The lowest BCUT2D eigenvalue weighted by atomic mass is 10.3. The third-order valence-corrected chi connectivity index (χ3v) is 0.812. The molecule has 2 nitrogen and oxygen atoms in total. The highest BCUT2D eigenvalue weighted by atomic mass is 16.3. The fraction of sp³-hybridized carbons (Fsp3) is 0.333. The van der Waals surface area contributed by atoms with Crippen molar-refractivity contribution in [1.29, 1.82) is 0 Å². The Kier molecular flexibility index (Phi) is 10.0. The van der Waals surface area contributed by atoms with Gasteiger partial charge in [0, 0.05) is 0 Å². The van der Waals surface area contributed by atoms with E-state index in [1.165, 1.54) is 18.2 Å². The van der Waals surface area contributed by atoms with Gasteiger partial charge in [0.2, 0.25) is 0 Å². The zero-order valence-corrected chi connectivity index (χ0v) is 7.33. The maximum absolute atomic E-state index is 8.79. The summed E-state index contributed by atoms with van der Waals surface area (Å²) >= 11 is 0. The lowest BCUT2D eigenvalue weighted by Gasteiger charge is -1.93. The van der Waals surface area contributed by atoms with E-state index >= 15 is 0 Å². The van der Waals surface area contributed by atoms with Crippen molar-refractivity contribution in [3.8, 4) is 0 Å². The summed E-state index contributed by atoms with van der Waals surface area (Å²) < 4.78 is 0. The van der Waals surface area contributed by atoms with E-state index in [-0.39, 0.29) is 11.5 Å². The summed E-state index contributed by atoms with van der Waals surface area (Å²) in [7, 11) is 0. The van der Waals surface area contributed by atoms with E-state index in [0.717, 1.165) is 0 Å². The number of hydrogen-bond donors (Lipinski definition) is 2. The Morgan fingerprint density at radius 3 is 1.91 bits per heavy atom. The standard InChI is InChI=1S/C7H10O2.C2H6/c1-3-5-7(9)6(8)4-2;1-2/h3-5,8-9H,1H2,2H3;1-2H3/b6-4+,7-5+;. The van der Waals surface area contributed by atoms with Crippen molar-refractivity contribution < 1.29 is 10.2 Å². The molecular formula is C9H16O2. The SMILES string of the molecule is C=C/C=C(O)\C(O)=C/C.CC. The summed E-state index contributed by atoms with van der Waals surface area (Å²) in [5.41, 5.74) is 0. The maximum atomic E-state index is 8.79. The minimum absolute atomic E-state index is 0.130. The molecule has 0 aromatic heterocycles. The van der Waals surface area contributed by atoms with Gasteiger partial charge in [0.25, 0.3) is 0 Å².